The summed E-state index contributed by atoms with van der Waals surface area (Å²) in [7, 11) is 1.65. The average molecular weight is 442 g/mol. The normalized spacial score (nSPS) is 18.9. The number of carbonyl (C=O) groups excluding carboxylic acids is 2. The van der Waals surface area contributed by atoms with Gasteiger partial charge in [0.25, 0.3) is 0 Å². The third-order valence-corrected chi connectivity index (χ3v) is 6.92. The topological polar surface area (TPSA) is 54.8 Å². The molecule has 2 aliphatic carbocycles. The molecule has 0 bridgehead atoms. The highest BCUT2D eigenvalue weighted by Gasteiger charge is 2.43. The van der Waals surface area contributed by atoms with Crippen LogP contribution >= 0.6 is 0 Å². The van der Waals surface area contributed by atoms with Crippen molar-refractivity contribution in [1.29, 1.82) is 0 Å². The second-order valence-electron chi connectivity index (χ2n) is 9.20. The smallest absolute Gasteiger partial charge is 0.247 e. The second kappa shape index (κ2) is 7.80. The summed E-state index contributed by atoms with van der Waals surface area (Å²) in [5, 5.41) is 0. The van der Waals surface area contributed by atoms with Crippen LogP contribution in [0.25, 0.3) is 5.69 Å². The van der Waals surface area contributed by atoms with E-state index in [4.69, 9.17) is 4.74 Å². The van der Waals surface area contributed by atoms with Crippen molar-refractivity contribution in [2.75, 3.05) is 18.6 Å². The van der Waals surface area contributed by atoms with Crippen molar-refractivity contribution in [2.45, 2.75) is 37.8 Å². The molecule has 3 aromatic rings. The maximum atomic E-state index is 14.0. The van der Waals surface area contributed by atoms with Gasteiger partial charge < -0.3 is 14.2 Å². The highest BCUT2D eigenvalue weighted by molar-refractivity contribution is 6.00. The van der Waals surface area contributed by atoms with E-state index in [1.165, 1.54) is 0 Å². The molecule has 1 aliphatic heterocycles. The number of aromatic nitrogens is 1. The molecule has 168 valence electrons. The fourth-order valence-electron chi connectivity index (χ4n) is 4.92. The van der Waals surface area contributed by atoms with Crippen molar-refractivity contribution in [3.8, 4) is 11.4 Å². The van der Waals surface area contributed by atoms with Crippen molar-refractivity contribution in [3.63, 3.8) is 0 Å². The molecule has 3 aliphatic rings. The molecule has 6 rings (SSSR count). The highest BCUT2D eigenvalue weighted by atomic mass is 16.5. The maximum Gasteiger partial charge on any atom is 0.247 e. The summed E-state index contributed by atoms with van der Waals surface area (Å²) in [6.07, 6.45) is 5.93. The first kappa shape index (κ1) is 20.1. The Labute approximate surface area is 193 Å². The fourth-order valence-corrected chi connectivity index (χ4v) is 4.92. The van der Waals surface area contributed by atoms with Crippen molar-refractivity contribution in [3.05, 3.63) is 78.1 Å². The van der Waals surface area contributed by atoms with Gasteiger partial charge in [-0.2, -0.15) is 0 Å². The van der Waals surface area contributed by atoms with Gasteiger partial charge in [-0.1, -0.05) is 24.3 Å². The van der Waals surface area contributed by atoms with Crippen molar-refractivity contribution in [2.24, 2.45) is 5.92 Å². The molecule has 1 atom stereocenters. The summed E-state index contributed by atoms with van der Waals surface area (Å²) in [5.74, 6) is 0.997. The molecule has 2 heterocycles. The third kappa shape index (κ3) is 3.50. The van der Waals surface area contributed by atoms with Crippen LogP contribution in [0.1, 0.15) is 43.0 Å². The zero-order chi connectivity index (χ0) is 22.5. The van der Waals surface area contributed by atoms with Gasteiger partial charge in [-0.15, -0.1) is 0 Å². The monoisotopic (exact) mass is 441 g/mol. The number of anilines is 1. The molecule has 2 fully saturated rings. The van der Waals surface area contributed by atoms with E-state index in [9.17, 15) is 9.59 Å². The summed E-state index contributed by atoms with van der Waals surface area (Å²) in [5.41, 5.74) is 3.87. The zero-order valence-corrected chi connectivity index (χ0v) is 18.7. The van der Waals surface area contributed by atoms with Crippen molar-refractivity contribution < 1.29 is 14.3 Å². The quantitative estimate of drug-likeness (QED) is 0.572. The molecular weight excluding hydrogens is 414 g/mol. The molecule has 1 aromatic heterocycles. The van der Waals surface area contributed by atoms with Crippen LogP contribution in [0.15, 0.2) is 66.9 Å². The number of nitrogens with zero attached hydrogens (tertiary/aromatic N) is 3. The number of amides is 2. The maximum absolute atomic E-state index is 14.0. The Morgan fingerprint density at radius 1 is 0.939 bits per heavy atom. The van der Waals surface area contributed by atoms with E-state index in [1.54, 1.807) is 7.11 Å². The minimum Gasteiger partial charge on any atom is -0.497 e. The molecule has 33 heavy (non-hydrogen) atoms. The van der Waals surface area contributed by atoms with Gasteiger partial charge in [-0.3, -0.25) is 14.5 Å². The van der Waals surface area contributed by atoms with Crippen molar-refractivity contribution >= 4 is 17.5 Å². The van der Waals surface area contributed by atoms with Gasteiger partial charge >= 0.3 is 0 Å². The van der Waals surface area contributed by atoms with Gasteiger partial charge in [0, 0.05) is 18.2 Å². The van der Waals surface area contributed by atoms with E-state index in [0.29, 0.717) is 0 Å². The van der Waals surface area contributed by atoms with Crippen LogP contribution in [0, 0.1) is 5.92 Å². The summed E-state index contributed by atoms with van der Waals surface area (Å²) in [6.45, 7) is 0.127. The van der Waals surface area contributed by atoms with E-state index in [0.717, 1.165) is 54.1 Å². The molecule has 0 saturated heterocycles. The zero-order valence-electron chi connectivity index (χ0n) is 18.7. The number of methoxy groups -OCH3 is 1. The first-order valence-electron chi connectivity index (χ1n) is 11.7. The van der Waals surface area contributed by atoms with Crippen LogP contribution in [0.4, 0.5) is 5.69 Å². The molecule has 0 N–H and O–H groups in total. The van der Waals surface area contributed by atoms with Crippen LogP contribution in [0.2, 0.25) is 0 Å². The number of rotatable bonds is 6. The van der Waals surface area contributed by atoms with E-state index < -0.39 is 0 Å². The first-order chi connectivity index (χ1) is 16.2. The molecule has 0 spiro atoms. The predicted molar refractivity (Wildman–Crippen MR) is 126 cm³/mol. The number of benzene rings is 2. The number of fused-ring (bicyclic) bond motifs is 3. The summed E-state index contributed by atoms with van der Waals surface area (Å²) in [6, 6.07) is 19.9. The number of carbonyl (C=O) groups is 2. The Hall–Kier alpha value is -3.54. The van der Waals surface area contributed by atoms with E-state index >= 15 is 0 Å². The first-order valence-corrected chi connectivity index (χ1v) is 11.7. The van der Waals surface area contributed by atoms with Gasteiger partial charge in [0.2, 0.25) is 11.8 Å². The lowest BCUT2D eigenvalue weighted by molar-refractivity contribution is -0.137. The lowest BCUT2D eigenvalue weighted by Gasteiger charge is -2.39. The highest BCUT2D eigenvalue weighted by Crippen LogP contribution is 2.43. The Kier molecular flexibility index (Phi) is 4.75. The third-order valence-electron chi connectivity index (χ3n) is 6.92. The molecule has 6 heteroatoms. The number of hydrogen-bond acceptors (Lipinski definition) is 3. The number of hydrogen-bond donors (Lipinski definition) is 0. The Balaban J connectivity index is 1.42. The minimum absolute atomic E-state index is 0.0448. The molecule has 0 radical (unpaired) electrons. The lowest BCUT2D eigenvalue weighted by Crippen LogP contribution is -2.47. The molecular formula is C27H27N3O3. The molecule has 2 saturated carbocycles. The Bertz CT molecular complexity index is 1210. The van der Waals surface area contributed by atoms with Gasteiger partial charge in [-0.05, 0) is 67.6 Å². The Morgan fingerprint density at radius 3 is 2.33 bits per heavy atom. The van der Waals surface area contributed by atoms with Crippen LogP contribution in [-0.4, -0.2) is 41.0 Å². The van der Waals surface area contributed by atoms with Crippen LogP contribution < -0.4 is 9.64 Å². The summed E-state index contributed by atoms with van der Waals surface area (Å²) in [4.78, 5) is 30.7. The molecule has 2 amide bonds. The Morgan fingerprint density at radius 2 is 1.67 bits per heavy atom. The minimum atomic E-state index is -0.287. The SMILES string of the molecule is COc1ccc(C2c3cccn3-c3ccccc3N2C(=O)CN(C(=O)C2CC2)C2CC2)cc1. The van der Waals surface area contributed by atoms with Gasteiger partial charge in [-0.25, -0.2) is 0 Å². The van der Waals surface area contributed by atoms with Crippen molar-refractivity contribution in [1.82, 2.24) is 9.47 Å². The van der Waals surface area contributed by atoms with Crippen LogP contribution in [0.5, 0.6) is 5.75 Å². The second-order valence-corrected chi connectivity index (χ2v) is 9.20. The fraction of sp³-hybridized carbons (Fsp3) is 0.333. The van der Waals surface area contributed by atoms with Gasteiger partial charge in [0.15, 0.2) is 0 Å². The van der Waals surface area contributed by atoms with E-state index in [1.807, 2.05) is 70.6 Å². The summed E-state index contributed by atoms with van der Waals surface area (Å²) >= 11 is 0. The average Bonchev–Trinajstić information content (AvgIpc) is 3.79. The van der Waals surface area contributed by atoms with E-state index in [-0.39, 0.29) is 36.4 Å². The summed E-state index contributed by atoms with van der Waals surface area (Å²) < 4.78 is 7.51. The lowest BCUT2D eigenvalue weighted by atomic mass is 9.97. The van der Waals surface area contributed by atoms with E-state index in [2.05, 4.69) is 10.6 Å². The largest absolute Gasteiger partial charge is 0.497 e. The van der Waals surface area contributed by atoms with Crippen LogP contribution in [-0.2, 0) is 9.59 Å². The number of ether oxygens (including phenoxy) is 1. The molecule has 1 unspecified atom stereocenters. The van der Waals surface area contributed by atoms with Gasteiger partial charge in [0.05, 0.1) is 24.2 Å². The number of para-hydroxylation sites is 2. The predicted octanol–water partition coefficient (Wildman–Crippen LogP) is 4.32. The van der Waals surface area contributed by atoms with Crippen LogP contribution in [0.3, 0.4) is 0 Å². The molecule has 2 aromatic carbocycles. The molecule has 6 nitrogen and oxygen atoms in total. The van der Waals surface area contributed by atoms with Gasteiger partial charge in [0.1, 0.15) is 18.3 Å². The standard InChI is InChI=1S/C27H27N3O3/c1-33-21-14-10-18(11-15-21)26-24-7-4-16-28(24)22-5-2-3-6-23(22)30(26)25(31)17-29(20-12-13-20)27(32)19-8-9-19/h2-7,10-11,14-16,19-20,26H,8-9,12-13,17H2,1H3.